The van der Waals surface area contributed by atoms with Gasteiger partial charge in [-0.15, -0.1) is 0 Å². The van der Waals surface area contributed by atoms with Crippen molar-refractivity contribution < 1.29 is 8.42 Å². The predicted octanol–water partition coefficient (Wildman–Crippen LogP) is 2.45. The highest BCUT2D eigenvalue weighted by molar-refractivity contribution is 7.89. The molecule has 1 aromatic rings. The lowest BCUT2D eigenvalue weighted by atomic mass is 9.99. The Kier molecular flexibility index (Phi) is 5.07. The standard InChI is InChI=1S/C16H26N2O2S/c1-12-8-9-13(2)16(11-12)21(19,20)18-10-6-5-7-15(18)14(3)17-4/h8-9,11,14-15,17H,5-7,10H2,1-4H3. The summed E-state index contributed by atoms with van der Waals surface area (Å²) in [6.45, 7) is 6.48. The molecular formula is C16H26N2O2S. The first-order chi connectivity index (χ1) is 9.87. The molecule has 0 spiro atoms. The van der Waals surface area contributed by atoms with Crippen LogP contribution in [0.2, 0.25) is 0 Å². The predicted molar refractivity (Wildman–Crippen MR) is 86.0 cm³/mol. The Morgan fingerprint density at radius 2 is 2.00 bits per heavy atom. The summed E-state index contributed by atoms with van der Waals surface area (Å²) in [6, 6.07) is 5.83. The second-order valence-corrected chi connectivity index (χ2v) is 7.88. The van der Waals surface area contributed by atoms with E-state index >= 15 is 0 Å². The third kappa shape index (κ3) is 3.30. The summed E-state index contributed by atoms with van der Waals surface area (Å²) in [4.78, 5) is 0.456. The van der Waals surface area contributed by atoms with Crippen LogP contribution in [-0.4, -0.2) is 38.4 Å². The molecule has 0 bridgehead atoms. The SMILES string of the molecule is CNC(C)C1CCCCN1S(=O)(=O)c1cc(C)ccc1C. The van der Waals surface area contributed by atoms with Crippen LogP contribution in [0.1, 0.15) is 37.3 Å². The van der Waals surface area contributed by atoms with Crippen LogP contribution in [0.4, 0.5) is 0 Å². The van der Waals surface area contributed by atoms with Crippen molar-refractivity contribution in [1.82, 2.24) is 9.62 Å². The highest BCUT2D eigenvalue weighted by atomic mass is 32.2. The zero-order chi connectivity index (χ0) is 15.6. The Labute approximate surface area is 128 Å². The van der Waals surface area contributed by atoms with Crippen molar-refractivity contribution >= 4 is 10.0 Å². The summed E-state index contributed by atoms with van der Waals surface area (Å²) in [5.74, 6) is 0. The number of nitrogens with one attached hydrogen (secondary N) is 1. The van der Waals surface area contributed by atoms with Gasteiger partial charge in [-0.05, 0) is 57.9 Å². The van der Waals surface area contributed by atoms with Gasteiger partial charge in [-0.3, -0.25) is 0 Å². The van der Waals surface area contributed by atoms with E-state index in [-0.39, 0.29) is 12.1 Å². The number of hydrogen-bond acceptors (Lipinski definition) is 3. The topological polar surface area (TPSA) is 49.4 Å². The number of likely N-dealkylation sites (N-methyl/N-ethyl adjacent to an activating group) is 1. The monoisotopic (exact) mass is 310 g/mol. The fourth-order valence-corrected chi connectivity index (χ4v) is 5.11. The third-order valence-corrected chi connectivity index (χ3v) is 6.53. The molecule has 2 atom stereocenters. The summed E-state index contributed by atoms with van der Waals surface area (Å²) in [5.41, 5.74) is 1.80. The first kappa shape index (κ1) is 16.5. The molecule has 0 amide bonds. The molecule has 1 aliphatic rings. The Morgan fingerprint density at radius 3 is 2.67 bits per heavy atom. The number of sulfonamides is 1. The minimum absolute atomic E-state index is 0.0358. The van der Waals surface area contributed by atoms with Gasteiger partial charge >= 0.3 is 0 Å². The Balaban J connectivity index is 2.43. The van der Waals surface area contributed by atoms with E-state index in [1.165, 1.54) is 0 Å². The van der Waals surface area contributed by atoms with Crippen molar-refractivity contribution in [3.63, 3.8) is 0 Å². The molecule has 1 saturated heterocycles. The van der Waals surface area contributed by atoms with Gasteiger partial charge in [0.05, 0.1) is 4.90 Å². The van der Waals surface area contributed by atoms with Gasteiger partial charge in [0, 0.05) is 18.6 Å². The number of piperidine rings is 1. The van der Waals surface area contributed by atoms with Crippen molar-refractivity contribution in [2.24, 2.45) is 0 Å². The fraction of sp³-hybridized carbons (Fsp3) is 0.625. The van der Waals surface area contributed by atoms with Gasteiger partial charge in [-0.2, -0.15) is 4.31 Å². The van der Waals surface area contributed by atoms with Crippen LogP contribution in [0.5, 0.6) is 0 Å². The van der Waals surface area contributed by atoms with Crippen molar-refractivity contribution in [2.75, 3.05) is 13.6 Å². The van der Waals surface area contributed by atoms with Gasteiger partial charge in [-0.25, -0.2) is 8.42 Å². The quantitative estimate of drug-likeness (QED) is 0.929. The van der Waals surface area contributed by atoms with Gasteiger partial charge in [0.15, 0.2) is 0 Å². The van der Waals surface area contributed by atoms with E-state index < -0.39 is 10.0 Å². The Hall–Kier alpha value is -0.910. The minimum Gasteiger partial charge on any atom is -0.316 e. The first-order valence-corrected chi connectivity index (χ1v) is 9.08. The lowest BCUT2D eigenvalue weighted by Crippen LogP contribution is -2.52. The maximum Gasteiger partial charge on any atom is 0.243 e. The van der Waals surface area contributed by atoms with E-state index in [1.807, 2.05) is 33.0 Å². The van der Waals surface area contributed by atoms with Crippen LogP contribution >= 0.6 is 0 Å². The average molecular weight is 310 g/mol. The van der Waals surface area contributed by atoms with E-state index in [0.29, 0.717) is 11.4 Å². The van der Waals surface area contributed by atoms with Gasteiger partial charge in [0.1, 0.15) is 0 Å². The van der Waals surface area contributed by atoms with Crippen LogP contribution in [0.15, 0.2) is 23.1 Å². The zero-order valence-corrected chi connectivity index (χ0v) is 14.2. The lowest BCUT2D eigenvalue weighted by molar-refractivity contribution is 0.213. The van der Waals surface area contributed by atoms with Crippen LogP contribution in [-0.2, 0) is 10.0 Å². The van der Waals surface area contributed by atoms with Crippen LogP contribution in [0, 0.1) is 13.8 Å². The third-order valence-electron chi connectivity index (χ3n) is 4.46. The molecule has 21 heavy (non-hydrogen) atoms. The fourth-order valence-electron chi connectivity index (χ4n) is 3.03. The van der Waals surface area contributed by atoms with E-state index in [2.05, 4.69) is 12.2 Å². The summed E-state index contributed by atoms with van der Waals surface area (Å²) in [6.07, 6.45) is 2.96. The zero-order valence-electron chi connectivity index (χ0n) is 13.4. The van der Waals surface area contributed by atoms with E-state index in [9.17, 15) is 8.42 Å². The van der Waals surface area contributed by atoms with Crippen molar-refractivity contribution in [2.45, 2.75) is 57.0 Å². The number of benzene rings is 1. The molecule has 0 radical (unpaired) electrons. The van der Waals surface area contributed by atoms with Crippen molar-refractivity contribution in [3.8, 4) is 0 Å². The average Bonchev–Trinajstić information content (AvgIpc) is 2.48. The Morgan fingerprint density at radius 1 is 1.29 bits per heavy atom. The maximum absolute atomic E-state index is 13.1. The smallest absolute Gasteiger partial charge is 0.243 e. The second-order valence-electron chi connectivity index (χ2n) is 6.03. The number of hydrogen-bond donors (Lipinski definition) is 1. The lowest BCUT2D eigenvalue weighted by Gasteiger charge is -2.38. The molecule has 118 valence electrons. The van der Waals surface area contributed by atoms with Gasteiger partial charge in [0.25, 0.3) is 0 Å². The first-order valence-electron chi connectivity index (χ1n) is 7.64. The molecule has 1 aromatic carbocycles. The highest BCUT2D eigenvalue weighted by Gasteiger charge is 2.36. The van der Waals surface area contributed by atoms with Gasteiger partial charge in [-0.1, -0.05) is 18.6 Å². The molecule has 5 heteroatoms. The molecule has 1 N–H and O–H groups in total. The molecule has 1 aliphatic heterocycles. The van der Waals surface area contributed by atoms with Crippen LogP contribution < -0.4 is 5.32 Å². The number of nitrogens with zero attached hydrogens (tertiary/aromatic N) is 1. The summed E-state index contributed by atoms with van der Waals surface area (Å²) in [5, 5.41) is 3.21. The molecule has 0 aliphatic carbocycles. The van der Waals surface area contributed by atoms with Crippen molar-refractivity contribution in [1.29, 1.82) is 0 Å². The summed E-state index contributed by atoms with van der Waals surface area (Å²) in [7, 11) is -1.54. The molecule has 0 saturated carbocycles. The Bertz CT molecular complexity index is 598. The normalized spacial score (nSPS) is 22.2. The second kappa shape index (κ2) is 6.46. The number of rotatable bonds is 4. The molecule has 2 rings (SSSR count). The van der Waals surface area contributed by atoms with Crippen LogP contribution in [0.3, 0.4) is 0 Å². The molecule has 4 nitrogen and oxygen atoms in total. The molecule has 2 unspecified atom stereocenters. The van der Waals surface area contributed by atoms with Gasteiger partial charge in [0.2, 0.25) is 10.0 Å². The molecule has 0 aromatic heterocycles. The van der Waals surface area contributed by atoms with Gasteiger partial charge < -0.3 is 5.32 Å². The number of aryl methyl sites for hydroxylation is 2. The minimum atomic E-state index is -3.43. The summed E-state index contributed by atoms with van der Waals surface area (Å²) < 4.78 is 27.9. The largest absolute Gasteiger partial charge is 0.316 e. The molecular weight excluding hydrogens is 284 g/mol. The van der Waals surface area contributed by atoms with Crippen molar-refractivity contribution in [3.05, 3.63) is 29.3 Å². The van der Waals surface area contributed by atoms with Crippen LogP contribution in [0.25, 0.3) is 0 Å². The van der Waals surface area contributed by atoms with E-state index in [0.717, 1.165) is 30.4 Å². The highest BCUT2D eigenvalue weighted by Crippen LogP contribution is 2.29. The summed E-state index contributed by atoms with van der Waals surface area (Å²) >= 11 is 0. The maximum atomic E-state index is 13.1. The van der Waals surface area contributed by atoms with E-state index in [4.69, 9.17) is 0 Å². The van der Waals surface area contributed by atoms with E-state index in [1.54, 1.807) is 10.4 Å². The molecule has 1 heterocycles. The molecule has 1 fully saturated rings.